The van der Waals surface area contributed by atoms with E-state index in [4.69, 9.17) is 0 Å². The van der Waals surface area contributed by atoms with E-state index in [1.54, 1.807) is 0 Å². The minimum absolute atomic E-state index is 0.704. The first kappa shape index (κ1) is 13.1. The number of allylic oxidation sites excluding steroid dienone is 2. The van der Waals surface area contributed by atoms with E-state index in [1.807, 2.05) is 0 Å². The van der Waals surface area contributed by atoms with Gasteiger partial charge in [0.05, 0.1) is 0 Å². The average molecular weight is 196 g/mol. The predicted octanol–water partition coefficient (Wildman–Crippen LogP) is 3.06. The van der Waals surface area contributed by atoms with Crippen molar-refractivity contribution in [3.8, 4) is 0 Å². The number of hydrogen-bond acceptors (Lipinski definition) is 2. The summed E-state index contributed by atoms with van der Waals surface area (Å²) in [6.07, 6.45) is 7.25. The van der Waals surface area contributed by atoms with Crippen LogP contribution in [0, 0.1) is 0 Å². The second-order valence-corrected chi connectivity index (χ2v) is 3.49. The highest BCUT2D eigenvalue weighted by molar-refractivity contribution is 5.86. The molecular formula is C12H20O2. The Kier molecular flexibility index (Phi) is 8.10. The smallest absolute Gasteiger partial charge is 0.146 e. The Labute approximate surface area is 86.4 Å². The van der Waals surface area contributed by atoms with Crippen LogP contribution in [0.1, 0.15) is 52.4 Å². The van der Waals surface area contributed by atoms with Crippen LogP contribution in [0.25, 0.3) is 0 Å². The van der Waals surface area contributed by atoms with Crippen LogP contribution in [0.15, 0.2) is 11.1 Å². The lowest BCUT2D eigenvalue weighted by atomic mass is 10.0. The Hall–Kier alpha value is -0.920. The summed E-state index contributed by atoms with van der Waals surface area (Å²) in [4.78, 5) is 21.5. The van der Waals surface area contributed by atoms with Gasteiger partial charge in [-0.2, -0.15) is 0 Å². The Morgan fingerprint density at radius 2 is 1.21 bits per heavy atom. The number of rotatable bonds is 8. The van der Waals surface area contributed by atoms with E-state index in [2.05, 4.69) is 13.8 Å². The van der Waals surface area contributed by atoms with Crippen LogP contribution in [0.4, 0.5) is 0 Å². The van der Waals surface area contributed by atoms with Gasteiger partial charge in [0.15, 0.2) is 0 Å². The van der Waals surface area contributed by atoms with Gasteiger partial charge in [-0.3, -0.25) is 9.59 Å². The maximum Gasteiger partial charge on any atom is 0.146 e. The Bertz CT molecular complexity index is 182. The number of carbonyl (C=O) groups excluding carboxylic acids is 2. The van der Waals surface area contributed by atoms with E-state index < -0.39 is 0 Å². The van der Waals surface area contributed by atoms with Crippen molar-refractivity contribution in [1.82, 2.24) is 0 Å². The molecule has 0 amide bonds. The van der Waals surface area contributed by atoms with E-state index in [-0.39, 0.29) is 0 Å². The fraction of sp³-hybridized carbons (Fsp3) is 0.667. The van der Waals surface area contributed by atoms with Crippen molar-refractivity contribution in [3.05, 3.63) is 11.1 Å². The molecule has 0 fully saturated rings. The molecule has 0 unspecified atom stereocenters. The summed E-state index contributed by atoms with van der Waals surface area (Å²) in [6.45, 7) is 4.16. The molecule has 0 spiro atoms. The van der Waals surface area contributed by atoms with Crippen LogP contribution in [-0.2, 0) is 9.59 Å². The van der Waals surface area contributed by atoms with Crippen LogP contribution in [0.2, 0.25) is 0 Å². The first-order valence-electron chi connectivity index (χ1n) is 5.42. The van der Waals surface area contributed by atoms with Crippen LogP contribution < -0.4 is 0 Å². The van der Waals surface area contributed by atoms with Crippen molar-refractivity contribution >= 4 is 12.6 Å². The molecule has 0 aromatic carbocycles. The van der Waals surface area contributed by atoms with E-state index in [9.17, 15) is 9.59 Å². The largest absolute Gasteiger partial charge is 0.298 e. The summed E-state index contributed by atoms with van der Waals surface area (Å²) >= 11 is 0. The van der Waals surface area contributed by atoms with Gasteiger partial charge in [-0.25, -0.2) is 0 Å². The molecule has 14 heavy (non-hydrogen) atoms. The third-order valence-electron chi connectivity index (χ3n) is 2.30. The zero-order chi connectivity index (χ0) is 10.8. The van der Waals surface area contributed by atoms with Crippen molar-refractivity contribution in [1.29, 1.82) is 0 Å². The predicted molar refractivity (Wildman–Crippen MR) is 58.2 cm³/mol. The molecule has 0 atom stereocenters. The zero-order valence-electron chi connectivity index (χ0n) is 9.21. The van der Waals surface area contributed by atoms with E-state index in [0.717, 1.165) is 51.1 Å². The molecule has 0 heterocycles. The van der Waals surface area contributed by atoms with Crippen LogP contribution in [0.5, 0.6) is 0 Å². The topological polar surface area (TPSA) is 34.1 Å². The van der Waals surface area contributed by atoms with Gasteiger partial charge in [-0.05, 0) is 36.8 Å². The third kappa shape index (κ3) is 4.95. The maximum absolute atomic E-state index is 10.8. The third-order valence-corrected chi connectivity index (χ3v) is 2.30. The molecular weight excluding hydrogens is 176 g/mol. The molecule has 0 N–H and O–H groups in total. The lowest BCUT2D eigenvalue weighted by molar-refractivity contribution is -0.107. The molecule has 2 nitrogen and oxygen atoms in total. The molecule has 0 radical (unpaired) electrons. The molecule has 0 rings (SSSR count). The van der Waals surface area contributed by atoms with Gasteiger partial charge in [0.25, 0.3) is 0 Å². The van der Waals surface area contributed by atoms with Crippen LogP contribution in [-0.4, -0.2) is 12.6 Å². The highest BCUT2D eigenvalue weighted by Crippen LogP contribution is 2.14. The Morgan fingerprint density at radius 1 is 0.857 bits per heavy atom. The van der Waals surface area contributed by atoms with Gasteiger partial charge < -0.3 is 0 Å². The molecule has 0 aliphatic heterocycles. The van der Waals surface area contributed by atoms with Crippen molar-refractivity contribution < 1.29 is 9.59 Å². The number of unbranched alkanes of at least 4 members (excludes halogenated alkanes) is 2. The van der Waals surface area contributed by atoms with E-state index >= 15 is 0 Å². The Morgan fingerprint density at radius 3 is 1.43 bits per heavy atom. The minimum Gasteiger partial charge on any atom is -0.298 e. The summed E-state index contributed by atoms with van der Waals surface area (Å²) in [6, 6.07) is 0. The van der Waals surface area contributed by atoms with Gasteiger partial charge in [-0.15, -0.1) is 0 Å². The lowest BCUT2D eigenvalue weighted by Crippen LogP contribution is -1.96. The molecule has 0 aliphatic carbocycles. The molecule has 0 aromatic rings. The molecule has 0 saturated heterocycles. The molecule has 0 aliphatic rings. The van der Waals surface area contributed by atoms with Gasteiger partial charge in [-0.1, -0.05) is 26.7 Å². The number of carbonyl (C=O) groups is 2. The van der Waals surface area contributed by atoms with E-state index in [0.29, 0.717) is 11.1 Å². The SMILES string of the molecule is CCCCC(C=O)=C(C=O)CCCC. The van der Waals surface area contributed by atoms with Gasteiger partial charge in [0.1, 0.15) is 12.6 Å². The molecule has 2 heteroatoms. The normalized spacial score (nSPS) is 12.1. The maximum atomic E-state index is 10.8. The average Bonchev–Trinajstić information content (AvgIpc) is 2.23. The van der Waals surface area contributed by atoms with Crippen molar-refractivity contribution in [2.24, 2.45) is 0 Å². The summed E-state index contributed by atoms with van der Waals surface area (Å²) in [5.41, 5.74) is 1.41. The minimum atomic E-state index is 0.704. The molecule has 0 bridgehead atoms. The number of aldehydes is 2. The van der Waals surface area contributed by atoms with Gasteiger partial charge in [0.2, 0.25) is 0 Å². The summed E-state index contributed by atoms with van der Waals surface area (Å²) in [5.74, 6) is 0. The second kappa shape index (κ2) is 8.67. The van der Waals surface area contributed by atoms with Gasteiger partial charge in [0, 0.05) is 0 Å². The van der Waals surface area contributed by atoms with Gasteiger partial charge >= 0.3 is 0 Å². The standard InChI is InChI=1S/C12H20O2/c1-3-5-7-11(9-13)12(10-14)8-6-4-2/h9-10H,3-8H2,1-2H3. The fourth-order valence-electron chi connectivity index (χ4n) is 1.32. The van der Waals surface area contributed by atoms with Crippen LogP contribution in [0.3, 0.4) is 0 Å². The first-order chi connectivity index (χ1) is 6.79. The molecule has 0 aromatic heterocycles. The van der Waals surface area contributed by atoms with E-state index in [1.165, 1.54) is 0 Å². The summed E-state index contributed by atoms with van der Waals surface area (Å²) in [5, 5.41) is 0. The molecule has 80 valence electrons. The second-order valence-electron chi connectivity index (χ2n) is 3.49. The first-order valence-corrected chi connectivity index (χ1v) is 5.42. The van der Waals surface area contributed by atoms with Crippen molar-refractivity contribution in [2.45, 2.75) is 52.4 Å². The summed E-state index contributed by atoms with van der Waals surface area (Å²) in [7, 11) is 0. The zero-order valence-corrected chi connectivity index (χ0v) is 9.21. The number of hydrogen-bond donors (Lipinski definition) is 0. The summed E-state index contributed by atoms with van der Waals surface area (Å²) < 4.78 is 0. The monoisotopic (exact) mass is 196 g/mol. The Balaban J connectivity index is 4.37. The van der Waals surface area contributed by atoms with Crippen LogP contribution >= 0.6 is 0 Å². The quantitative estimate of drug-likeness (QED) is 0.441. The van der Waals surface area contributed by atoms with Crippen molar-refractivity contribution in [2.75, 3.05) is 0 Å². The highest BCUT2D eigenvalue weighted by Gasteiger charge is 2.04. The highest BCUT2D eigenvalue weighted by atomic mass is 16.1. The lowest BCUT2D eigenvalue weighted by Gasteiger charge is -2.04. The molecule has 0 saturated carbocycles. The fourth-order valence-corrected chi connectivity index (χ4v) is 1.32. The van der Waals surface area contributed by atoms with Crippen molar-refractivity contribution in [3.63, 3.8) is 0 Å².